The van der Waals surface area contributed by atoms with Gasteiger partial charge in [-0.1, -0.05) is 0 Å². The standard InChI is InChI=1S/C13H11NO6/c1-19-12-4-2-8(6-10(12)14(17)18)11-5-3-9(20-11)7-13(15)16/h2-6H,7H2,1H3,(H,15,16). The van der Waals surface area contributed by atoms with E-state index in [1.165, 1.54) is 25.3 Å². The van der Waals surface area contributed by atoms with Crippen molar-refractivity contribution in [1.82, 2.24) is 0 Å². The van der Waals surface area contributed by atoms with Gasteiger partial charge in [-0.25, -0.2) is 0 Å². The number of methoxy groups -OCH3 is 1. The van der Waals surface area contributed by atoms with Crippen molar-refractivity contribution in [3.63, 3.8) is 0 Å². The van der Waals surface area contributed by atoms with Crippen molar-refractivity contribution in [3.8, 4) is 17.1 Å². The molecule has 0 fully saturated rings. The normalized spacial score (nSPS) is 10.2. The highest BCUT2D eigenvalue weighted by atomic mass is 16.6. The summed E-state index contributed by atoms with van der Waals surface area (Å²) >= 11 is 0. The maximum Gasteiger partial charge on any atom is 0.311 e. The number of nitro groups is 1. The summed E-state index contributed by atoms with van der Waals surface area (Å²) in [7, 11) is 1.35. The van der Waals surface area contributed by atoms with E-state index in [1.54, 1.807) is 12.1 Å². The number of carboxylic acid groups (broad SMARTS) is 1. The fraction of sp³-hybridized carbons (Fsp3) is 0.154. The highest BCUT2D eigenvalue weighted by Gasteiger charge is 2.17. The largest absolute Gasteiger partial charge is 0.490 e. The third kappa shape index (κ3) is 2.77. The van der Waals surface area contributed by atoms with Gasteiger partial charge in [0, 0.05) is 11.6 Å². The molecule has 1 N–H and O–H groups in total. The van der Waals surface area contributed by atoms with E-state index in [4.69, 9.17) is 14.3 Å². The molecule has 0 aliphatic carbocycles. The topological polar surface area (TPSA) is 103 Å². The molecule has 2 rings (SSSR count). The van der Waals surface area contributed by atoms with Gasteiger partial charge < -0.3 is 14.3 Å². The minimum absolute atomic E-state index is 0.149. The second-order valence-electron chi connectivity index (χ2n) is 3.98. The number of furan rings is 1. The molecule has 0 spiro atoms. The lowest BCUT2D eigenvalue weighted by Crippen LogP contribution is -1.97. The molecular formula is C13H11NO6. The molecule has 0 atom stereocenters. The molecule has 0 aliphatic heterocycles. The molecule has 0 saturated carbocycles. The Hall–Kier alpha value is -2.83. The molecule has 7 heteroatoms. The molecule has 0 aliphatic rings. The second-order valence-corrected chi connectivity index (χ2v) is 3.98. The second kappa shape index (κ2) is 5.43. The number of hydrogen-bond donors (Lipinski definition) is 1. The summed E-state index contributed by atoms with van der Waals surface area (Å²) < 4.78 is 10.2. The van der Waals surface area contributed by atoms with Crippen LogP contribution in [0.3, 0.4) is 0 Å². The van der Waals surface area contributed by atoms with E-state index in [2.05, 4.69) is 0 Å². The van der Waals surface area contributed by atoms with E-state index < -0.39 is 10.9 Å². The molecule has 1 aromatic carbocycles. The van der Waals surface area contributed by atoms with Crippen LogP contribution in [0, 0.1) is 10.1 Å². The van der Waals surface area contributed by atoms with Gasteiger partial charge in [0.25, 0.3) is 0 Å². The Kier molecular flexibility index (Phi) is 3.69. The highest BCUT2D eigenvalue weighted by Crippen LogP contribution is 2.32. The molecule has 0 amide bonds. The number of aliphatic carboxylic acids is 1. The average molecular weight is 277 g/mol. The molecule has 0 radical (unpaired) electrons. The van der Waals surface area contributed by atoms with E-state index in [-0.39, 0.29) is 23.6 Å². The van der Waals surface area contributed by atoms with Crippen molar-refractivity contribution in [3.05, 3.63) is 46.2 Å². The van der Waals surface area contributed by atoms with E-state index in [9.17, 15) is 14.9 Å². The van der Waals surface area contributed by atoms with Gasteiger partial charge in [0.05, 0.1) is 12.0 Å². The smallest absolute Gasteiger partial charge is 0.311 e. The van der Waals surface area contributed by atoms with Gasteiger partial charge in [-0.3, -0.25) is 14.9 Å². The van der Waals surface area contributed by atoms with Crippen molar-refractivity contribution < 1.29 is 24.0 Å². The summed E-state index contributed by atoms with van der Waals surface area (Å²) in [6, 6.07) is 7.49. The number of carboxylic acids is 1. The Morgan fingerprint density at radius 2 is 2.15 bits per heavy atom. The maximum atomic E-state index is 10.9. The number of hydrogen-bond acceptors (Lipinski definition) is 5. The Labute approximate surface area is 113 Å². The molecular weight excluding hydrogens is 266 g/mol. The SMILES string of the molecule is COc1ccc(-c2ccc(CC(=O)O)o2)cc1[N+](=O)[O-]. The summed E-state index contributed by atoms with van der Waals surface area (Å²) in [6.07, 6.45) is -0.238. The Bertz CT molecular complexity index is 661. The van der Waals surface area contributed by atoms with Crippen LogP contribution in [0.4, 0.5) is 5.69 Å². The lowest BCUT2D eigenvalue weighted by molar-refractivity contribution is -0.385. The molecule has 0 unspecified atom stereocenters. The molecule has 0 saturated heterocycles. The van der Waals surface area contributed by atoms with Crippen LogP contribution >= 0.6 is 0 Å². The lowest BCUT2D eigenvalue weighted by Gasteiger charge is -2.03. The fourth-order valence-electron chi connectivity index (χ4n) is 1.76. The summed E-state index contributed by atoms with van der Waals surface area (Å²) in [5, 5.41) is 19.6. The molecule has 0 bridgehead atoms. The Balaban J connectivity index is 2.37. The molecule has 1 aromatic heterocycles. The predicted molar refractivity (Wildman–Crippen MR) is 68.7 cm³/mol. The zero-order valence-electron chi connectivity index (χ0n) is 10.5. The van der Waals surface area contributed by atoms with Crippen LogP contribution in [0.2, 0.25) is 0 Å². The minimum Gasteiger partial charge on any atom is -0.490 e. The highest BCUT2D eigenvalue weighted by molar-refractivity contribution is 5.70. The summed E-state index contributed by atoms with van der Waals surface area (Å²) in [5.74, 6) is -0.208. The lowest BCUT2D eigenvalue weighted by atomic mass is 10.1. The first-order valence-corrected chi connectivity index (χ1v) is 5.64. The number of ether oxygens (including phenoxy) is 1. The number of benzene rings is 1. The summed E-state index contributed by atoms with van der Waals surface area (Å²) in [5.41, 5.74) is 0.301. The van der Waals surface area contributed by atoms with Crippen molar-refractivity contribution in [2.45, 2.75) is 6.42 Å². The molecule has 104 valence electrons. The van der Waals surface area contributed by atoms with E-state index >= 15 is 0 Å². The predicted octanol–water partition coefficient (Wildman–Crippen LogP) is 2.49. The molecule has 1 heterocycles. The van der Waals surface area contributed by atoms with Crippen molar-refractivity contribution in [1.29, 1.82) is 0 Å². The fourth-order valence-corrected chi connectivity index (χ4v) is 1.76. The van der Waals surface area contributed by atoms with Gasteiger partial charge in [-0.2, -0.15) is 0 Å². The van der Waals surface area contributed by atoms with E-state index in [0.29, 0.717) is 11.3 Å². The zero-order chi connectivity index (χ0) is 14.7. The Morgan fingerprint density at radius 1 is 1.40 bits per heavy atom. The van der Waals surface area contributed by atoms with Gasteiger partial charge >= 0.3 is 11.7 Å². The summed E-state index contributed by atoms with van der Waals surface area (Å²) in [6.45, 7) is 0. The van der Waals surface area contributed by atoms with Crippen LogP contribution < -0.4 is 4.74 Å². The Morgan fingerprint density at radius 3 is 2.75 bits per heavy atom. The monoisotopic (exact) mass is 277 g/mol. The van der Waals surface area contributed by atoms with Crippen LogP contribution in [0.15, 0.2) is 34.7 Å². The number of nitro benzene ring substituents is 1. The molecule has 20 heavy (non-hydrogen) atoms. The van der Waals surface area contributed by atoms with Crippen molar-refractivity contribution in [2.24, 2.45) is 0 Å². The van der Waals surface area contributed by atoms with Crippen molar-refractivity contribution >= 4 is 11.7 Å². The number of carbonyl (C=O) groups is 1. The molecule has 7 nitrogen and oxygen atoms in total. The van der Waals surface area contributed by atoms with Crippen molar-refractivity contribution in [2.75, 3.05) is 7.11 Å². The minimum atomic E-state index is -1.01. The average Bonchev–Trinajstić information content (AvgIpc) is 2.85. The third-order valence-electron chi connectivity index (χ3n) is 2.65. The first kappa shape index (κ1) is 13.6. The van der Waals surface area contributed by atoms with Crippen LogP contribution in [-0.2, 0) is 11.2 Å². The first-order valence-electron chi connectivity index (χ1n) is 5.64. The van der Waals surface area contributed by atoms with Gasteiger partial charge in [-0.15, -0.1) is 0 Å². The number of rotatable bonds is 5. The molecule has 2 aromatic rings. The van der Waals surface area contributed by atoms with Gasteiger partial charge in [0.2, 0.25) is 0 Å². The van der Waals surface area contributed by atoms with Crippen LogP contribution in [0.1, 0.15) is 5.76 Å². The summed E-state index contributed by atoms with van der Waals surface area (Å²) in [4.78, 5) is 21.0. The van der Waals surface area contributed by atoms with Gasteiger partial charge in [0.15, 0.2) is 5.75 Å². The third-order valence-corrected chi connectivity index (χ3v) is 2.65. The first-order chi connectivity index (χ1) is 9.51. The quantitative estimate of drug-likeness (QED) is 0.665. The van der Waals surface area contributed by atoms with Crippen LogP contribution in [-0.4, -0.2) is 23.1 Å². The number of nitrogens with zero attached hydrogens (tertiary/aromatic N) is 1. The van der Waals surface area contributed by atoms with E-state index in [1.807, 2.05) is 0 Å². The van der Waals surface area contributed by atoms with Gasteiger partial charge in [-0.05, 0) is 24.3 Å². The van der Waals surface area contributed by atoms with Crippen LogP contribution in [0.25, 0.3) is 11.3 Å². The zero-order valence-corrected chi connectivity index (χ0v) is 10.5. The van der Waals surface area contributed by atoms with E-state index in [0.717, 1.165) is 0 Å². The maximum absolute atomic E-state index is 10.9. The van der Waals surface area contributed by atoms with Crippen LogP contribution in [0.5, 0.6) is 5.75 Å². The van der Waals surface area contributed by atoms with Gasteiger partial charge in [0.1, 0.15) is 17.9 Å².